The van der Waals surface area contributed by atoms with Gasteiger partial charge < -0.3 is 24.6 Å². The third-order valence-corrected chi connectivity index (χ3v) is 4.96. The molecule has 0 unspecified atom stereocenters. The monoisotopic (exact) mass is 333 g/mol. The van der Waals surface area contributed by atoms with Crippen molar-refractivity contribution < 1.29 is 9.47 Å². The number of morpholine rings is 1. The minimum Gasteiger partial charge on any atom is -0.380 e. The van der Waals surface area contributed by atoms with Crippen LogP contribution in [0.2, 0.25) is 0 Å². The van der Waals surface area contributed by atoms with E-state index < -0.39 is 0 Å². The molecule has 3 rings (SSSR count). The maximum Gasteiger partial charge on any atom is 0.0734 e. The van der Waals surface area contributed by atoms with Crippen LogP contribution in [0.5, 0.6) is 0 Å². The molecule has 5 heteroatoms. The molecule has 1 N–H and O–H groups in total. The van der Waals surface area contributed by atoms with E-state index in [9.17, 15) is 0 Å². The molecular weight excluding hydrogens is 302 g/mol. The van der Waals surface area contributed by atoms with Gasteiger partial charge >= 0.3 is 0 Å². The minimum absolute atomic E-state index is 0.261. The second-order valence-corrected chi connectivity index (χ2v) is 7.15. The summed E-state index contributed by atoms with van der Waals surface area (Å²) in [6, 6.07) is 7.36. The summed E-state index contributed by atoms with van der Waals surface area (Å²) < 4.78 is 11.4. The Morgan fingerprint density at radius 2 is 1.96 bits per heavy atom. The third kappa shape index (κ3) is 3.85. The zero-order chi connectivity index (χ0) is 17.1. The van der Waals surface area contributed by atoms with Crippen molar-refractivity contribution in [3.63, 3.8) is 0 Å². The molecular formula is C19H31N3O2. The Balaban J connectivity index is 1.86. The van der Waals surface area contributed by atoms with E-state index in [1.807, 2.05) is 0 Å². The van der Waals surface area contributed by atoms with Crippen molar-refractivity contribution in [2.45, 2.75) is 45.6 Å². The van der Waals surface area contributed by atoms with Gasteiger partial charge in [-0.1, -0.05) is 0 Å². The van der Waals surface area contributed by atoms with Gasteiger partial charge in [-0.05, 0) is 39.0 Å². The normalized spacial score (nSPS) is 28.2. The van der Waals surface area contributed by atoms with Gasteiger partial charge in [0.15, 0.2) is 0 Å². The van der Waals surface area contributed by atoms with Gasteiger partial charge in [0.2, 0.25) is 0 Å². The van der Waals surface area contributed by atoms with Gasteiger partial charge in [-0.2, -0.15) is 0 Å². The predicted octanol–water partition coefficient (Wildman–Crippen LogP) is 2.24. The molecule has 2 aliphatic heterocycles. The van der Waals surface area contributed by atoms with Crippen LogP contribution in [0.15, 0.2) is 18.2 Å². The molecule has 1 aromatic carbocycles. The molecule has 134 valence electrons. The molecule has 5 nitrogen and oxygen atoms in total. The number of benzene rings is 1. The second-order valence-electron chi connectivity index (χ2n) is 7.15. The lowest BCUT2D eigenvalue weighted by atomic mass is 10.1. The summed E-state index contributed by atoms with van der Waals surface area (Å²) in [4.78, 5) is 4.93. The van der Waals surface area contributed by atoms with E-state index in [0.717, 1.165) is 32.7 Å². The van der Waals surface area contributed by atoms with Gasteiger partial charge in [-0.3, -0.25) is 0 Å². The van der Waals surface area contributed by atoms with E-state index in [4.69, 9.17) is 9.47 Å². The van der Waals surface area contributed by atoms with Gasteiger partial charge in [0.25, 0.3) is 0 Å². The highest BCUT2D eigenvalue weighted by molar-refractivity contribution is 5.62. The lowest BCUT2D eigenvalue weighted by molar-refractivity contribution is -0.00533. The number of piperazine rings is 1. The van der Waals surface area contributed by atoms with E-state index in [1.165, 1.54) is 16.9 Å². The average molecular weight is 333 g/mol. The van der Waals surface area contributed by atoms with E-state index in [0.29, 0.717) is 12.6 Å². The number of anilines is 2. The van der Waals surface area contributed by atoms with E-state index in [1.54, 1.807) is 7.11 Å². The van der Waals surface area contributed by atoms with Crippen molar-refractivity contribution >= 4 is 11.4 Å². The summed E-state index contributed by atoms with van der Waals surface area (Å²) in [7, 11) is 1.77. The van der Waals surface area contributed by atoms with Crippen molar-refractivity contribution in [3.05, 3.63) is 23.8 Å². The van der Waals surface area contributed by atoms with Crippen LogP contribution >= 0.6 is 0 Å². The van der Waals surface area contributed by atoms with Crippen molar-refractivity contribution in [1.29, 1.82) is 0 Å². The van der Waals surface area contributed by atoms with Crippen molar-refractivity contribution in [1.82, 2.24) is 5.32 Å². The lowest BCUT2D eigenvalue weighted by Gasteiger charge is -2.39. The van der Waals surface area contributed by atoms with Gasteiger partial charge in [0, 0.05) is 62.8 Å². The summed E-state index contributed by atoms with van der Waals surface area (Å²) in [6.45, 7) is 12.2. The number of hydrogen-bond acceptors (Lipinski definition) is 5. The van der Waals surface area contributed by atoms with Crippen molar-refractivity contribution in [2.75, 3.05) is 49.6 Å². The number of hydrogen-bond donors (Lipinski definition) is 1. The fourth-order valence-corrected chi connectivity index (χ4v) is 3.93. The Labute approximate surface area is 145 Å². The van der Waals surface area contributed by atoms with Crippen LogP contribution in [0.1, 0.15) is 26.3 Å². The largest absolute Gasteiger partial charge is 0.380 e. The molecule has 24 heavy (non-hydrogen) atoms. The molecule has 1 aromatic rings. The van der Waals surface area contributed by atoms with Gasteiger partial charge in [-0.15, -0.1) is 0 Å². The Morgan fingerprint density at radius 3 is 2.62 bits per heavy atom. The van der Waals surface area contributed by atoms with Crippen molar-refractivity contribution in [3.8, 4) is 0 Å². The van der Waals surface area contributed by atoms with E-state index in [-0.39, 0.29) is 12.2 Å². The fourth-order valence-electron chi connectivity index (χ4n) is 3.93. The molecule has 2 fully saturated rings. The topological polar surface area (TPSA) is 37.0 Å². The second kappa shape index (κ2) is 7.72. The summed E-state index contributed by atoms with van der Waals surface area (Å²) >= 11 is 0. The van der Waals surface area contributed by atoms with Crippen LogP contribution in [0.4, 0.5) is 11.4 Å². The first-order chi connectivity index (χ1) is 11.6. The predicted molar refractivity (Wildman–Crippen MR) is 99.1 cm³/mol. The molecule has 0 aliphatic carbocycles. The van der Waals surface area contributed by atoms with Crippen LogP contribution in [0, 0.1) is 0 Å². The molecule has 0 amide bonds. The molecule has 3 atom stereocenters. The molecule has 0 radical (unpaired) electrons. The first-order valence-corrected chi connectivity index (χ1v) is 9.08. The Morgan fingerprint density at radius 1 is 1.21 bits per heavy atom. The van der Waals surface area contributed by atoms with Gasteiger partial charge in [-0.25, -0.2) is 0 Å². The Hall–Kier alpha value is -1.30. The maximum absolute atomic E-state index is 5.88. The summed E-state index contributed by atoms with van der Waals surface area (Å²) in [5.74, 6) is 0. The van der Waals surface area contributed by atoms with Gasteiger partial charge in [0.05, 0.1) is 18.8 Å². The molecule has 2 heterocycles. The smallest absolute Gasteiger partial charge is 0.0734 e. The number of methoxy groups -OCH3 is 1. The number of ether oxygens (including phenoxy) is 2. The van der Waals surface area contributed by atoms with Gasteiger partial charge in [0.1, 0.15) is 0 Å². The number of nitrogens with one attached hydrogen (secondary N) is 1. The summed E-state index contributed by atoms with van der Waals surface area (Å²) in [5, 5.41) is 3.46. The summed E-state index contributed by atoms with van der Waals surface area (Å²) in [6.07, 6.45) is 0.522. The minimum atomic E-state index is 0.261. The molecule has 0 bridgehead atoms. The molecule has 2 saturated heterocycles. The first-order valence-electron chi connectivity index (χ1n) is 9.08. The molecule has 2 aliphatic rings. The van der Waals surface area contributed by atoms with Crippen molar-refractivity contribution in [2.24, 2.45) is 0 Å². The quantitative estimate of drug-likeness (QED) is 0.915. The molecule has 0 aromatic heterocycles. The fraction of sp³-hybridized carbons (Fsp3) is 0.684. The molecule has 0 spiro atoms. The Kier molecular flexibility index (Phi) is 5.64. The van der Waals surface area contributed by atoms with E-state index >= 15 is 0 Å². The average Bonchev–Trinajstić information content (AvgIpc) is 2.54. The zero-order valence-corrected chi connectivity index (χ0v) is 15.4. The highest BCUT2D eigenvalue weighted by atomic mass is 16.5. The Bertz CT molecular complexity index is 541. The number of nitrogens with zero attached hydrogens (tertiary/aromatic N) is 2. The molecule has 0 saturated carbocycles. The zero-order valence-electron chi connectivity index (χ0n) is 15.4. The highest BCUT2D eigenvalue weighted by Crippen LogP contribution is 2.30. The van der Waals surface area contributed by atoms with E-state index in [2.05, 4.69) is 54.1 Å². The van der Waals surface area contributed by atoms with Crippen LogP contribution < -0.4 is 15.1 Å². The SMILES string of the molecule is COCc1cc(N2CCNC[C@@H]2C)ccc1N1C[C@@H](C)O[C@@H](C)C1. The number of rotatable bonds is 4. The van der Waals surface area contributed by atoms with Crippen LogP contribution in [0.25, 0.3) is 0 Å². The summed E-state index contributed by atoms with van der Waals surface area (Å²) in [5.41, 5.74) is 3.85. The van der Waals surface area contributed by atoms with Crippen LogP contribution in [-0.2, 0) is 16.1 Å². The van der Waals surface area contributed by atoms with Crippen LogP contribution in [-0.4, -0.2) is 58.1 Å². The standard InChI is InChI=1S/C19H31N3O2/c1-14-10-20-7-8-22(14)18-5-6-19(17(9-18)13-23-4)21-11-15(2)24-16(3)12-21/h5-6,9,14-16,20H,7-8,10-13H2,1-4H3/t14-,15-,16+/m0/s1. The third-order valence-electron chi connectivity index (χ3n) is 4.96. The lowest BCUT2D eigenvalue weighted by Crippen LogP contribution is -2.50. The maximum atomic E-state index is 5.88. The first kappa shape index (κ1) is 17.5. The van der Waals surface area contributed by atoms with Crippen LogP contribution in [0.3, 0.4) is 0 Å². The highest BCUT2D eigenvalue weighted by Gasteiger charge is 2.25.